The Morgan fingerprint density at radius 2 is 1.32 bits per heavy atom. The van der Waals surface area contributed by atoms with E-state index in [0.717, 1.165) is 5.56 Å². The molecule has 2 aromatic carbocycles. The highest BCUT2D eigenvalue weighted by atomic mass is 32.2. The highest BCUT2D eigenvalue weighted by molar-refractivity contribution is 7.79. The summed E-state index contributed by atoms with van der Waals surface area (Å²) in [6, 6.07) is 17.1. The van der Waals surface area contributed by atoms with Crippen molar-refractivity contribution >= 4 is 11.1 Å². The quantitative estimate of drug-likeness (QED) is 0.731. The van der Waals surface area contributed by atoms with Crippen LogP contribution in [0, 0.1) is 13.8 Å². The molecule has 0 aliphatic heterocycles. The molecular weight excluding hydrogens is 256 g/mol. The summed E-state index contributed by atoms with van der Waals surface area (Å²) in [4.78, 5) is 0.377. The zero-order chi connectivity index (χ0) is 14.7. The van der Waals surface area contributed by atoms with Crippen LogP contribution in [-0.4, -0.2) is 8.76 Å². The van der Waals surface area contributed by atoms with Crippen molar-refractivity contribution in [2.24, 2.45) is 0 Å². The van der Waals surface area contributed by atoms with Gasteiger partial charge < -0.3 is 4.55 Å². The molecule has 2 rings (SSSR count). The molecule has 0 radical (unpaired) electrons. The van der Waals surface area contributed by atoms with Gasteiger partial charge in [-0.2, -0.15) is 0 Å². The molecule has 0 saturated carbocycles. The van der Waals surface area contributed by atoms with E-state index in [0.29, 0.717) is 4.90 Å². The largest absolute Gasteiger partial charge is 0.768 e. The van der Waals surface area contributed by atoms with E-state index in [9.17, 15) is 8.76 Å². The number of hydrogen-bond donors (Lipinski definition) is 0. The van der Waals surface area contributed by atoms with Crippen LogP contribution < -0.4 is 0 Å². The van der Waals surface area contributed by atoms with E-state index in [1.54, 1.807) is 25.1 Å². The van der Waals surface area contributed by atoms with E-state index in [1.165, 1.54) is 5.56 Å². The van der Waals surface area contributed by atoms with E-state index in [1.807, 2.05) is 38.1 Å². The fraction of sp³-hybridized carbons (Fsp3) is 0.250. The number of benzene rings is 2. The highest BCUT2D eigenvalue weighted by Crippen LogP contribution is 2.09. The molecule has 0 heterocycles. The molecule has 0 aliphatic carbocycles. The lowest BCUT2D eigenvalue weighted by molar-refractivity contribution is 0.536. The Labute approximate surface area is 118 Å². The molecule has 0 N–H and O–H groups in total. The van der Waals surface area contributed by atoms with Gasteiger partial charge in [0.15, 0.2) is 0 Å². The lowest BCUT2D eigenvalue weighted by Crippen LogP contribution is -1.90. The van der Waals surface area contributed by atoms with Crippen molar-refractivity contribution in [2.45, 2.75) is 32.6 Å². The smallest absolute Gasteiger partial charge is 0.0277 e. The van der Waals surface area contributed by atoms with Crippen molar-refractivity contribution < 1.29 is 8.76 Å². The standard InChI is InChI=1S/C7H8O2S.C7H8.C2H6/c1-6-4-2-3-5-7(6)10(8)9;1-7-5-3-2-4-6-7;1-2/h2-5H,1H3,(H,8,9);2-6H,1H3;1-2H3/p-1. The maximum Gasteiger partial charge on any atom is 0.0277 e. The molecule has 104 valence electrons. The summed E-state index contributed by atoms with van der Waals surface area (Å²) in [5, 5.41) is 0. The zero-order valence-electron chi connectivity index (χ0n) is 11.9. The molecule has 1 atom stereocenters. The molecule has 0 fully saturated rings. The van der Waals surface area contributed by atoms with Crippen molar-refractivity contribution in [2.75, 3.05) is 0 Å². The van der Waals surface area contributed by atoms with Gasteiger partial charge in [-0.3, -0.25) is 4.21 Å². The van der Waals surface area contributed by atoms with Crippen molar-refractivity contribution in [3.05, 3.63) is 65.7 Å². The first kappa shape index (κ1) is 17.6. The Morgan fingerprint density at radius 1 is 0.842 bits per heavy atom. The van der Waals surface area contributed by atoms with E-state index in [4.69, 9.17) is 0 Å². The minimum absolute atomic E-state index is 0.377. The summed E-state index contributed by atoms with van der Waals surface area (Å²) in [6.45, 7) is 7.85. The van der Waals surface area contributed by atoms with Gasteiger partial charge in [0.2, 0.25) is 0 Å². The highest BCUT2D eigenvalue weighted by Gasteiger charge is 1.93. The van der Waals surface area contributed by atoms with Crippen molar-refractivity contribution in [1.82, 2.24) is 0 Å². The predicted octanol–water partition coefficient (Wildman–Crippen LogP) is 4.25. The van der Waals surface area contributed by atoms with Gasteiger partial charge in [0.25, 0.3) is 0 Å². The van der Waals surface area contributed by atoms with Gasteiger partial charge in [0, 0.05) is 4.90 Å². The molecule has 2 aromatic rings. The SMILES string of the molecule is CC.Cc1ccccc1.Cc1ccccc1S(=O)[O-]. The zero-order valence-corrected chi connectivity index (χ0v) is 12.7. The molecule has 0 aliphatic rings. The molecule has 0 amide bonds. The molecule has 1 unspecified atom stereocenters. The second kappa shape index (κ2) is 10.5. The Bertz CT molecular complexity index is 481. The number of rotatable bonds is 1. The Hall–Kier alpha value is -1.45. The first-order chi connectivity index (χ1) is 9.11. The van der Waals surface area contributed by atoms with Crippen LogP contribution in [0.25, 0.3) is 0 Å². The lowest BCUT2D eigenvalue weighted by Gasteiger charge is -2.06. The summed E-state index contributed by atoms with van der Waals surface area (Å²) < 4.78 is 20.8. The third-order valence-corrected chi connectivity index (χ3v) is 3.03. The van der Waals surface area contributed by atoms with E-state index < -0.39 is 11.1 Å². The van der Waals surface area contributed by atoms with Crippen LogP contribution in [0.3, 0.4) is 0 Å². The average molecular weight is 277 g/mol. The first-order valence-corrected chi connectivity index (χ1v) is 7.35. The van der Waals surface area contributed by atoms with Gasteiger partial charge in [0.05, 0.1) is 0 Å². The number of aryl methyl sites for hydroxylation is 2. The Morgan fingerprint density at radius 3 is 1.63 bits per heavy atom. The van der Waals surface area contributed by atoms with Gasteiger partial charge >= 0.3 is 0 Å². The summed E-state index contributed by atoms with van der Waals surface area (Å²) >= 11 is -2.09. The second-order valence-corrected chi connectivity index (χ2v) is 4.56. The summed E-state index contributed by atoms with van der Waals surface area (Å²) in [6.07, 6.45) is 0. The van der Waals surface area contributed by atoms with E-state index in [2.05, 4.69) is 19.1 Å². The monoisotopic (exact) mass is 277 g/mol. The van der Waals surface area contributed by atoms with Gasteiger partial charge in [0.1, 0.15) is 0 Å². The topological polar surface area (TPSA) is 40.1 Å². The van der Waals surface area contributed by atoms with Crippen molar-refractivity contribution in [3.8, 4) is 0 Å². The maximum atomic E-state index is 10.4. The summed E-state index contributed by atoms with van der Waals surface area (Å²) in [5.74, 6) is 0. The van der Waals surface area contributed by atoms with Crippen LogP contribution >= 0.6 is 0 Å². The fourth-order valence-electron chi connectivity index (χ4n) is 1.28. The molecule has 0 spiro atoms. The van der Waals surface area contributed by atoms with Crippen LogP contribution in [0.4, 0.5) is 0 Å². The number of hydrogen-bond acceptors (Lipinski definition) is 2. The first-order valence-electron chi connectivity index (χ1n) is 6.28. The van der Waals surface area contributed by atoms with Crippen LogP contribution in [0.5, 0.6) is 0 Å². The van der Waals surface area contributed by atoms with Crippen LogP contribution in [0.15, 0.2) is 59.5 Å². The lowest BCUT2D eigenvalue weighted by atomic mass is 10.2. The van der Waals surface area contributed by atoms with E-state index >= 15 is 0 Å². The third kappa shape index (κ3) is 7.54. The van der Waals surface area contributed by atoms with Gasteiger partial charge in [-0.05, 0) is 36.6 Å². The predicted molar refractivity (Wildman–Crippen MR) is 80.9 cm³/mol. The Kier molecular flexibility index (Phi) is 9.67. The molecule has 0 saturated heterocycles. The normalized spacial score (nSPS) is 10.4. The maximum absolute atomic E-state index is 10.4. The molecular formula is C16H21O2S-. The van der Waals surface area contributed by atoms with E-state index in [-0.39, 0.29) is 0 Å². The van der Waals surface area contributed by atoms with Crippen molar-refractivity contribution in [1.29, 1.82) is 0 Å². The second-order valence-electron chi connectivity index (χ2n) is 3.65. The van der Waals surface area contributed by atoms with Gasteiger partial charge in [-0.1, -0.05) is 67.9 Å². The van der Waals surface area contributed by atoms with Crippen LogP contribution in [-0.2, 0) is 11.1 Å². The summed E-state index contributed by atoms with van der Waals surface area (Å²) in [5.41, 5.74) is 2.11. The Balaban J connectivity index is 0.000000316. The third-order valence-electron chi connectivity index (χ3n) is 2.21. The molecule has 2 nitrogen and oxygen atoms in total. The molecule has 0 aromatic heterocycles. The molecule has 0 bridgehead atoms. The van der Waals surface area contributed by atoms with Gasteiger partial charge in [-0.25, -0.2) is 0 Å². The molecule has 19 heavy (non-hydrogen) atoms. The average Bonchev–Trinajstić information content (AvgIpc) is 2.43. The van der Waals surface area contributed by atoms with Crippen LogP contribution in [0.1, 0.15) is 25.0 Å². The van der Waals surface area contributed by atoms with Crippen molar-refractivity contribution in [3.63, 3.8) is 0 Å². The van der Waals surface area contributed by atoms with Gasteiger partial charge in [-0.15, -0.1) is 0 Å². The minimum Gasteiger partial charge on any atom is -0.768 e. The van der Waals surface area contributed by atoms with Crippen LogP contribution in [0.2, 0.25) is 0 Å². The fourth-order valence-corrected chi connectivity index (χ4v) is 1.80. The molecule has 3 heteroatoms. The summed E-state index contributed by atoms with van der Waals surface area (Å²) in [7, 11) is 0. The minimum atomic E-state index is -2.09.